The fourth-order valence-corrected chi connectivity index (χ4v) is 1.63. The van der Waals surface area contributed by atoms with Crippen LogP contribution in [0.1, 0.15) is 0 Å². The summed E-state index contributed by atoms with van der Waals surface area (Å²) in [5, 5.41) is -0.246. The van der Waals surface area contributed by atoms with Crippen molar-refractivity contribution in [1.29, 1.82) is 0 Å². The second-order valence-corrected chi connectivity index (χ2v) is 3.81. The standard InChI is InChI=1S/C7H2ClF4IO/c8-3-1-5(13)6(2-4(3)9)14-7(10,11)12/h1-2H. The van der Waals surface area contributed by atoms with E-state index in [1.807, 2.05) is 0 Å². The van der Waals surface area contributed by atoms with Gasteiger partial charge in [0.15, 0.2) is 0 Å². The van der Waals surface area contributed by atoms with Gasteiger partial charge >= 0.3 is 6.36 Å². The minimum atomic E-state index is -4.83. The molecule has 0 spiro atoms. The molecule has 0 aliphatic rings. The average molecular weight is 340 g/mol. The van der Waals surface area contributed by atoms with E-state index in [4.69, 9.17) is 11.6 Å². The Balaban J connectivity index is 3.04. The molecule has 0 unspecified atom stereocenters. The molecule has 0 saturated carbocycles. The van der Waals surface area contributed by atoms with Crippen molar-refractivity contribution < 1.29 is 22.3 Å². The van der Waals surface area contributed by atoms with Crippen LogP contribution in [0.15, 0.2) is 12.1 Å². The van der Waals surface area contributed by atoms with E-state index in [9.17, 15) is 17.6 Å². The molecule has 14 heavy (non-hydrogen) atoms. The highest BCUT2D eigenvalue weighted by molar-refractivity contribution is 14.1. The van der Waals surface area contributed by atoms with Gasteiger partial charge < -0.3 is 4.74 Å². The normalized spacial score (nSPS) is 11.6. The van der Waals surface area contributed by atoms with E-state index in [0.717, 1.165) is 6.07 Å². The molecule has 1 aromatic rings. The van der Waals surface area contributed by atoms with E-state index in [1.54, 1.807) is 22.6 Å². The maximum atomic E-state index is 12.8. The van der Waals surface area contributed by atoms with Crippen LogP contribution in [0.2, 0.25) is 5.02 Å². The monoisotopic (exact) mass is 340 g/mol. The Morgan fingerprint density at radius 3 is 2.36 bits per heavy atom. The molecule has 0 saturated heterocycles. The first-order chi connectivity index (χ1) is 6.29. The van der Waals surface area contributed by atoms with E-state index in [-0.39, 0.29) is 8.59 Å². The summed E-state index contributed by atoms with van der Waals surface area (Å²) >= 11 is 6.91. The van der Waals surface area contributed by atoms with Crippen LogP contribution in [-0.2, 0) is 0 Å². The summed E-state index contributed by atoms with van der Waals surface area (Å²) in [4.78, 5) is 0. The summed E-state index contributed by atoms with van der Waals surface area (Å²) in [7, 11) is 0. The molecular formula is C7H2ClF4IO. The van der Waals surface area contributed by atoms with E-state index < -0.39 is 17.9 Å². The summed E-state index contributed by atoms with van der Waals surface area (Å²) in [6.07, 6.45) is -4.83. The minimum Gasteiger partial charge on any atom is -0.405 e. The maximum absolute atomic E-state index is 12.8. The highest BCUT2D eigenvalue weighted by atomic mass is 127. The van der Waals surface area contributed by atoms with Crippen molar-refractivity contribution in [2.24, 2.45) is 0 Å². The second kappa shape index (κ2) is 4.09. The molecule has 1 nitrogen and oxygen atoms in total. The van der Waals surface area contributed by atoms with Crippen LogP contribution < -0.4 is 4.74 Å². The molecule has 78 valence electrons. The third-order valence-corrected chi connectivity index (χ3v) is 2.33. The largest absolute Gasteiger partial charge is 0.573 e. The molecule has 0 heterocycles. The van der Waals surface area contributed by atoms with Crippen molar-refractivity contribution in [3.8, 4) is 5.75 Å². The molecule has 0 atom stereocenters. The van der Waals surface area contributed by atoms with Gasteiger partial charge in [0.05, 0.1) is 8.59 Å². The van der Waals surface area contributed by atoms with Gasteiger partial charge in [-0.05, 0) is 28.7 Å². The first-order valence-electron chi connectivity index (χ1n) is 3.20. The van der Waals surface area contributed by atoms with Crippen LogP contribution in [0.4, 0.5) is 17.6 Å². The van der Waals surface area contributed by atoms with Crippen molar-refractivity contribution in [2.45, 2.75) is 6.36 Å². The lowest BCUT2D eigenvalue weighted by Crippen LogP contribution is -2.17. The summed E-state index contributed by atoms with van der Waals surface area (Å²) < 4.78 is 51.7. The van der Waals surface area contributed by atoms with Gasteiger partial charge in [0, 0.05) is 6.07 Å². The van der Waals surface area contributed by atoms with E-state index >= 15 is 0 Å². The van der Waals surface area contributed by atoms with Crippen LogP contribution in [-0.4, -0.2) is 6.36 Å². The van der Waals surface area contributed by atoms with Gasteiger partial charge in [-0.2, -0.15) is 0 Å². The van der Waals surface area contributed by atoms with Crippen molar-refractivity contribution in [3.63, 3.8) is 0 Å². The van der Waals surface area contributed by atoms with Gasteiger partial charge in [-0.3, -0.25) is 0 Å². The molecule has 0 fully saturated rings. The molecule has 0 radical (unpaired) electrons. The summed E-state index contributed by atoms with van der Waals surface area (Å²) in [6.45, 7) is 0. The molecular weight excluding hydrogens is 338 g/mol. The number of rotatable bonds is 1. The lowest BCUT2D eigenvalue weighted by atomic mass is 10.3. The van der Waals surface area contributed by atoms with Crippen LogP contribution in [0.5, 0.6) is 5.75 Å². The van der Waals surface area contributed by atoms with Crippen molar-refractivity contribution in [2.75, 3.05) is 0 Å². The quantitative estimate of drug-likeness (QED) is 0.427. The van der Waals surface area contributed by atoms with Crippen molar-refractivity contribution in [1.82, 2.24) is 0 Å². The Kier molecular flexibility index (Phi) is 3.46. The average Bonchev–Trinajstić information content (AvgIpc) is 1.97. The van der Waals surface area contributed by atoms with E-state index in [0.29, 0.717) is 6.07 Å². The maximum Gasteiger partial charge on any atom is 0.573 e. The van der Waals surface area contributed by atoms with Gasteiger partial charge in [-0.15, -0.1) is 13.2 Å². The van der Waals surface area contributed by atoms with Crippen molar-refractivity contribution in [3.05, 3.63) is 26.5 Å². The summed E-state index contributed by atoms with van der Waals surface area (Å²) in [5.74, 6) is -1.55. The first kappa shape index (κ1) is 11.8. The number of hydrogen-bond donors (Lipinski definition) is 0. The van der Waals surface area contributed by atoms with E-state index in [1.165, 1.54) is 0 Å². The van der Waals surface area contributed by atoms with Crippen LogP contribution in [0.3, 0.4) is 0 Å². The van der Waals surface area contributed by atoms with Gasteiger partial charge in [0.25, 0.3) is 0 Å². The third kappa shape index (κ3) is 3.16. The number of hydrogen-bond acceptors (Lipinski definition) is 1. The van der Waals surface area contributed by atoms with Gasteiger partial charge in [-0.25, -0.2) is 4.39 Å². The van der Waals surface area contributed by atoms with Crippen molar-refractivity contribution >= 4 is 34.2 Å². The van der Waals surface area contributed by atoms with Gasteiger partial charge in [0.1, 0.15) is 11.6 Å². The number of benzene rings is 1. The number of halogens is 6. The number of alkyl halides is 3. The third-order valence-electron chi connectivity index (χ3n) is 1.20. The Labute approximate surface area is 95.1 Å². The Morgan fingerprint density at radius 2 is 1.86 bits per heavy atom. The second-order valence-electron chi connectivity index (χ2n) is 2.24. The molecule has 0 aromatic heterocycles. The summed E-state index contributed by atoms with van der Waals surface area (Å²) in [6, 6.07) is 1.65. The highest BCUT2D eigenvalue weighted by Crippen LogP contribution is 2.31. The molecule has 0 aliphatic carbocycles. The van der Waals surface area contributed by atoms with Gasteiger partial charge in [-0.1, -0.05) is 11.6 Å². The topological polar surface area (TPSA) is 9.23 Å². The Bertz CT molecular complexity index is 352. The van der Waals surface area contributed by atoms with Crippen LogP contribution in [0, 0.1) is 9.39 Å². The zero-order chi connectivity index (χ0) is 10.9. The predicted octanol–water partition coefficient (Wildman–Crippen LogP) is 3.98. The molecule has 0 N–H and O–H groups in total. The fraction of sp³-hybridized carbons (Fsp3) is 0.143. The molecule has 0 bridgehead atoms. The van der Waals surface area contributed by atoms with E-state index in [2.05, 4.69) is 4.74 Å². The smallest absolute Gasteiger partial charge is 0.405 e. The molecule has 1 rings (SSSR count). The predicted molar refractivity (Wildman–Crippen MR) is 50.8 cm³/mol. The zero-order valence-corrected chi connectivity index (χ0v) is 9.24. The van der Waals surface area contributed by atoms with Gasteiger partial charge in [0.2, 0.25) is 0 Å². The molecule has 0 amide bonds. The van der Waals surface area contributed by atoms with Crippen LogP contribution >= 0.6 is 34.2 Å². The minimum absolute atomic E-state index is 0.0892. The summed E-state index contributed by atoms with van der Waals surface area (Å²) in [5.41, 5.74) is 0. The Hall–Kier alpha value is -0.240. The van der Waals surface area contributed by atoms with Crippen LogP contribution in [0.25, 0.3) is 0 Å². The highest BCUT2D eigenvalue weighted by Gasteiger charge is 2.32. The first-order valence-corrected chi connectivity index (χ1v) is 4.65. The number of ether oxygens (including phenoxy) is 1. The fourth-order valence-electron chi connectivity index (χ4n) is 0.707. The SMILES string of the molecule is Fc1cc(OC(F)(F)F)c(I)cc1Cl. The lowest BCUT2D eigenvalue weighted by Gasteiger charge is -2.10. The molecule has 1 aromatic carbocycles. The zero-order valence-electron chi connectivity index (χ0n) is 6.33. The molecule has 7 heteroatoms. The lowest BCUT2D eigenvalue weighted by molar-refractivity contribution is -0.275. The Morgan fingerprint density at radius 1 is 1.29 bits per heavy atom. The molecule has 0 aliphatic heterocycles.